The minimum Gasteiger partial charge on any atom is -0.383 e. The summed E-state index contributed by atoms with van der Waals surface area (Å²) < 4.78 is 5.25. The number of likely N-dealkylation sites (tertiary alicyclic amines) is 1. The van der Waals surface area contributed by atoms with Crippen molar-refractivity contribution in [1.29, 1.82) is 0 Å². The summed E-state index contributed by atoms with van der Waals surface area (Å²) >= 11 is 0. The SMILES string of the molecule is COC[C@@H]1CCCN1C(=O)c1ccccc1[Si](C)(C)C. The third-order valence-electron chi connectivity index (χ3n) is 3.96. The van der Waals surface area contributed by atoms with Crippen LogP contribution in [-0.4, -0.2) is 45.2 Å². The molecule has 1 aromatic carbocycles. The molecular formula is C16H25NO2Si. The van der Waals surface area contributed by atoms with Gasteiger partial charge in [-0.15, -0.1) is 0 Å². The molecule has 1 aromatic rings. The molecule has 0 saturated carbocycles. The Hall–Kier alpha value is -1.13. The van der Waals surface area contributed by atoms with Crippen molar-refractivity contribution in [1.82, 2.24) is 4.90 Å². The van der Waals surface area contributed by atoms with Crippen molar-refractivity contribution in [3.05, 3.63) is 29.8 Å². The van der Waals surface area contributed by atoms with E-state index in [0.717, 1.165) is 24.9 Å². The van der Waals surface area contributed by atoms with Crippen molar-refractivity contribution in [2.24, 2.45) is 0 Å². The van der Waals surface area contributed by atoms with Gasteiger partial charge in [0.05, 0.1) is 20.7 Å². The molecule has 2 rings (SSSR count). The molecule has 4 heteroatoms. The van der Waals surface area contributed by atoms with Crippen LogP contribution in [0.3, 0.4) is 0 Å². The lowest BCUT2D eigenvalue weighted by atomic mass is 10.1. The molecule has 20 heavy (non-hydrogen) atoms. The van der Waals surface area contributed by atoms with Gasteiger partial charge >= 0.3 is 0 Å². The molecule has 1 fully saturated rings. The number of nitrogens with zero attached hydrogens (tertiary/aromatic N) is 1. The molecule has 0 radical (unpaired) electrons. The van der Waals surface area contributed by atoms with Crippen molar-refractivity contribution < 1.29 is 9.53 Å². The Morgan fingerprint density at radius 1 is 1.35 bits per heavy atom. The number of amides is 1. The maximum Gasteiger partial charge on any atom is 0.254 e. The molecule has 0 N–H and O–H groups in total. The fourth-order valence-electron chi connectivity index (χ4n) is 2.95. The van der Waals surface area contributed by atoms with Gasteiger partial charge in [-0.1, -0.05) is 37.8 Å². The minimum absolute atomic E-state index is 0.183. The lowest BCUT2D eigenvalue weighted by Gasteiger charge is -2.27. The third-order valence-corrected chi connectivity index (χ3v) is 6.01. The highest BCUT2D eigenvalue weighted by molar-refractivity contribution is 6.89. The van der Waals surface area contributed by atoms with Crippen molar-refractivity contribution in [2.75, 3.05) is 20.3 Å². The Morgan fingerprint density at radius 2 is 2.05 bits per heavy atom. The van der Waals surface area contributed by atoms with Gasteiger partial charge in [-0.2, -0.15) is 0 Å². The second-order valence-electron chi connectivity index (χ2n) is 6.55. The van der Waals surface area contributed by atoms with Gasteiger partial charge < -0.3 is 9.64 Å². The number of ether oxygens (including phenoxy) is 1. The molecule has 110 valence electrons. The van der Waals surface area contributed by atoms with E-state index in [9.17, 15) is 4.79 Å². The molecule has 3 nitrogen and oxygen atoms in total. The average molecular weight is 291 g/mol. The fourth-order valence-corrected chi connectivity index (χ4v) is 4.54. The molecule has 1 saturated heterocycles. The fraction of sp³-hybridized carbons (Fsp3) is 0.562. The van der Waals surface area contributed by atoms with Gasteiger partial charge in [-0.3, -0.25) is 4.79 Å². The lowest BCUT2D eigenvalue weighted by molar-refractivity contribution is 0.0632. The molecule has 0 aliphatic carbocycles. The maximum absolute atomic E-state index is 12.9. The molecule has 1 aliphatic heterocycles. The number of rotatable bonds is 4. The summed E-state index contributed by atoms with van der Waals surface area (Å²) in [6.07, 6.45) is 2.13. The quantitative estimate of drug-likeness (QED) is 0.798. The normalized spacial score (nSPS) is 19.4. The number of hydrogen-bond acceptors (Lipinski definition) is 2. The van der Waals surface area contributed by atoms with Crippen LogP contribution < -0.4 is 5.19 Å². The van der Waals surface area contributed by atoms with Crippen molar-refractivity contribution in [3.8, 4) is 0 Å². The van der Waals surface area contributed by atoms with Crippen LogP contribution in [0.15, 0.2) is 24.3 Å². The van der Waals surface area contributed by atoms with Crippen LogP contribution in [-0.2, 0) is 4.74 Å². The van der Waals surface area contributed by atoms with Crippen molar-refractivity contribution in [2.45, 2.75) is 38.5 Å². The predicted molar refractivity (Wildman–Crippen MR) is 85.4 cm³/mol. The zero-order chi connectivity index (χ0) is 14.8. The first kappa shape index (κ1) is 15.3. The van der Waals surface area contributed by atoms with Gasteiger partial charge in [-0.25, -0.2) is 0 Å². The zero-order valence-electron chi connectivity index (χ0n) is 13.0. The number of carbonyl (C=O) groups excluding carboxylic acids is 1. The number of hydrogen-bond donors (Lipinski definition) is 0. The molecule has 0 unspecified atom stereocenters. The first-order chi connectivity index (χ1) is 9.45. The summed E-state index contributed by atoms with van der Waals surface area (Å²) in [6.45, 7) is 8.36. The Kier molecular flexibility index (Phi) is 4.65. The van der Waals surface area contributed by atoms with Gasteiger partial charge in [-0.05, 0) is 24.1 Å². The molecule has 0 bridgehead atoms. The molecule has 1 heterocycles. The number of carbonyl (C=O) groups is 1. The second kappa shape index (κ2) is 6.10. The third kappa shape index (κ3) is 3.12. The summed E-state index contributed by atoms with van der Waals surface area (Å²) in [5.74, 6) is 0.183. The molecule has 0 aromatic heterocycles. The van der Waals surface area contributed by atoms with Crippen LogP contribution in [0.1, 0.15) is 23.2 Å². The summed E-state index contributed by atoms with van der Waals surface area (Å²) in [5, 5.41) is 1.26. The van der Waals surface area contributed by atoms with Gasteiger partial charge in [0.25, 0.3) is 5.91 Å². The minimum atomic E-state index is -1.51. The van der Waals surface area contributed by atoms with Crippen LogP contribution in [0.5, 0.6) is 0 Å². The van der Waals surface area contributed by atoms with Crippen LogP contribution >= 0.6 is 0 Å². The monoisotopic (exact) mass is 291 g/mol. The highest BCUT2D eigenvalue weighted by Crippen LogP contribution is 2.20. The van der Waals surface area contributed by atoms with Crippen LogP contribution in [0, 0.1) is 0 Å². The van der Waals surface area contributed by atoms with Gasteiger partial charge in [0, 0.05) is 19.2 Å². The Labute approximate surface area is 122 Å². The topological polar surface area (TPSA) is 29.5 Å². The van der Waals surface area contributed by atoms with E-state index in [1.54, 1.807) is 7.11 Å². The maximum atomic E-state index is 12.9. The van der Waals surface area contributed by atoms with Crippen LogP contribution in [0.4, 0.5) is 0 Å². The molecule has 1 aliphatic rings. The van der Waals surface area contributed by atoms with Crippen molar-refractivity contribution >= 4 is 19.2 Å². The van der Waals surface area contributed by atoms with E-state index in [-0.39, 0.29) is 11.9 Å². The highest BCUT2D eigenvalue weighted by atomic mass is 28.3. The van der Waals surface area contributed by atoms with Gasteiger partial charge in [0.15, 0.2) is 0 Å². The van der Waals surface area contributed by atoms with E-state index in [1.165, 1.54) is 5.19 Å². The molecule has 1 atom stereocenters. The highest BCUT2D eigenvalue weighted by Gasteiger charge is 2.32. The molecule has 0 spiro atoms. The Morgan fingerprint density at radius 3 is 2.70 bits per heavy atom. The Balaban J connectivity index is 2.30. The Bertz CT molecular complexity index is 482. The number of benzene rings is 1. The first-order valence-corrected chi connectivity index (χ1v) is 10.8. The van der Waals surface area contributed by atoms with Crippen LogP contribution in [0.2, 0.25) is 19.6 Å². The van der Waals surface area contributed by atoms with E-state index in [4.69, 9.17) is 4.74 Å². The van der Waals surface area contributed by atoms with Gasteiger partial charge in [0.2, 0.25) is 0 Å². The lowest BCUT2D eigenvalue weighted by Crippen LogP contribution is -2.46. The van der Waals surface area contributed by atoms with E-state index in [1.807, 2.05) is 23.1 Å². The predicted octanol–water partition coefficient (Wildman–Crippen LogP) is 2.48. The summed E-state index contributed by atoms with van der Waals surface area (Å²) in [4.78, 5) is 14.9. The first-order valence-electron chi connectivity index (χ1n) is 7.34. The van der Waals surface area contributed by atoms with Crippen molar-refractivity contribution in [3.63, 3.8) is 0 Å². The van der Waals surface area contributed by atoms with E-state index in [0.29, 0.717) is 6.61 Å². The average Bonchev–Trinajstić information content (AvgIpc) is 2.85. The molecular weight excluding hydrogens is 266 g/mol. The van der Waals surface area contributed by atoms with E-state index >= 15 is 0 Å². The smallest absolute Gasteiger partial charge is 0.254 e. The van der Waals surface area contributed by atoms with E-state index in [2.05, 4.69) is 25.7 Å². The second-order valence-corrected chi connectivity index (χ2v) is 11.6. The molecule has 1 amide bonds. The van der Waals surface area contributed by atoms with E-state index < -0.39 is 8.07 Å². The largest absolute Gasteiger partial charge is 0.383 e. The standard InChI is InChI=1S/C16H25NO2Si/c1-19-12-13-8-7-11-17(13)16(18)14-9-5-6-10-15(14)20(2,3)4/h5-6,9-10,13H,7-8,11-12H2,1-4H3/t13-/m0/s1. The van der Waals surface area contributed by atoms with Gasteiger partial charge in [0.1, 0.15) is 0 Å². The zero-order valence-corrected chi connectivity index (χ0v) is 14.0. The summed E-state index contributed by atoms with van der Waals surface area (Å²) in [6, 6.07) is 8.36. The van der Waals surface area contributed by atoms with Crippen LogP contribution in [0.25, 0.3) is 0 Å². The number of methoxy groups -OCH3 is 1. The summed E-state index contributed by atoms with van der Waals surface area (Å²) in [5.41, 5.74) is 0.898. The summed E-state index contributed by atoms with van der Waals surface area (Å²) in [7, 11) is 0.194.